The Morgan fingerprint density at radius 1 is 1.11 bits per heavy atom. The highest BCUT2D eigenvalue weighted by molar-refractivity contribution is 6.05. The lowest BCUT2D eigenvalue weighted by Gasteiger charge is -2.07. The number of hydrogen-bond acceptors (Lipinski definition) is 2. The second kappa shape index (κ2) is 5.47. The van der Waals surface area contributed by atoms with E-state index in [1.54, 1.807) is 30.3 Å². The predicted molar refractivity (Wildman–Crippen MR) is 71.5 cm³/mol. The van der Waals surface area contributed by atoms with Crippen molar-refractivity contribution < 1.29 is 9.90 Å². The van der Waals surface area contributed by atoms with Crippen LogP contribution in [0.25, 0.3) is 0 Å². The molecule has 2 aromatic carbocycles. The summed E-state index contributed by atoms with van der Waals surface area (Å²) in [6.45, 7) is 1.91. The topological polar surface area (TPSA) is 49.3 Å². The van der Waals surface area contributed by atoms with Crippen molar-refractivity contribution in [2.24, 2.45) is 0 Å². The van der Waals surface area contributed by atoms with Crippen LogP contribution in [0.2, 0.25) is 0 Å². The zero-order chi connectivity index (χ0) is 13.0. The van der Waals surface area contributed by atoms with E-state index in [2.05, 4.69) is 5.32 Å². The van der Waals surface area contributed by atoms with E-state index in [0.29, 0.717) is 5.56 Å². The number of aliphatic hydroxyl groups is 1. The van der Waals surface area contributed by atoms with Gasteiger partial charge in [-0.3, -0.25) is 4.79 Å². The first-order valence-corrected chi connectivity index (χ1v) is 5.77. The standard InChI is InChI=1S/C15H15NO2/c1-11-4-2-3-5-14(11)15(18)16-13-8-6-12(10-17)7-9-13/h2-9,17H,10H2,1H3,(H,16,18). The van der Waals surface area contributed by atoms with Gasteiger partial charge in [0, 0.05) is 11.3 Å². The second-order valence-corrected chi connectivity index (χ2v) is 4.12. The number of amides is 1. The van der Waals surface area contributed by atoms with Crippen molar-refractivity contribution in [1.29, 1.82) is 0 Å². The highest BCUT2D eigenvalue weighted by Crippen LogP contribution is 2.13. The minimum absolute atomic E-state index is 0.00597. The molecule has 0 aromatic heterocycles. The van der Waals surface area contributed by atoms with Gasteiger partial charge < -0.3 is 10.4 Å². The molecule has 18 heavy (non-hydrogen) atoms. The molecule has 0 unspecified atom stereocenters. The van der Waals surface area contributed by atoms with Gasteiger partial charge in [0.15, 0.2) is 0 Å². The minimum atomic E-state index is -0.121. The van der Waals surface area contributed by atoms with Gasteiger partial charge in [0.2, 0.25) is 0 Å². The Morgan fingerprint density at radius 2 is 1.78 bits per heavy atom. The normalized spacial score (nSPS) is 10.1. The zero-order valence-corrected chi connectivity index (χ0v) is 10.2. The molecule has 0 saturated carbocycles. The number of aryl methyl sites for hydroxylation is 1. The summed E-state index contributed by atoms with van der Waals surface area (Å²) in [5.41, 5.74) is 3.16. The first kappa shape index (κ1) is 12.3. The highest BCUT2D eigenvalue weighted by atomic mass is 16.3. The quantitative estimate of drug-likeness (QED) is 0.868. The number of nitrogens with one attached hydrogen (secondary N) is 1. The third-order valence-corrected chi connectivity index (χ3v) is 2.78. The molecule has 0 fully saturated rings. The van der Waals surface area contributed by atoms with Crippen molar-refractivity contribution in [3.8, 4) is 0 Å². The van der Waals surface area contributed by atoms with Crippen molar-refractivity contribution in [1.82, 2.24) is 0 Å². The first-order chi connectivity index (χ1) is 8.70. The number of carbonyl (C=O) groups excluding carboxylic acids is 1. The summed E-state index contributed by atoms with van der Waals surface area (Å²) in [6.07, 6.45) is 0. The van der Waals surface area contributed by atoms with Crippen LogP contribution in [-0.2, 0) is 6.61 Å². The fourth-order valence-electron chi connectivity index (χ4n) is 1.72. The summed E-state index contributed by atoms with van der Waals surface area (Å²) in [5, 5.41) is 11.8. The summed E-state index contributed by atoms with van der Waals surface area (Å²) in [4.78, 5) is 12.0. The van der Waals surface area contributed by atoms with Crippen LogP contribution in [0.4, 0.5) is 5.69 Å². The lowest BCUT2D eigenvalue weighted by molar-refractivity contribution is 0.102. The Labute approximate surface area is 106 Å². The SMILES string of the molecule is Cc1ccccc1C(=O)Nc1ccc(CO)cc1. The molecule has 0 atom stereocenters. The number of aliphatic hydroxyl groups excluding tert-OH is 1. The summed E-state index contributed by atoms with van der Waals surface area (Å²) >= 11 is 0. The van der Waals surface area contributed by atoms with Crippen LogP contribution in [0.1, 0.15) is 21.5 Å². The van der Waals surface area contributed by atoms with Gasteiger partial charge in [-0.2, -0.15) is 0 Å². The summed E-state index contributed by atoms with van der Waals surface area (Å²) in [6, 6.07) is 14.6. The Kier molecular flexibility index (Phi) is 3.75. The Balaban J connectivity index is 2.14. The van der Waals surface area contributed by atoms with Crippen LogP contribution in [-0.4, -0.2) is 11.0 Å². The lowest BCUT2D eigenvalue weighted by Crippen LogP contribution is -2.13. The number of hydrogen-bond donors (Lipinski definition) is 2. The average Bonchev–Trinajstić information content (AvgIpc) is 2.40. The van der Waals surface area contributed by atoms with E-state index < -0.39 is 0 Å². The molecule has 92 valence electrons. The largest absolute Gasteiger partial charge is 0.392 e. The van der Waals surface area contributed by atoms with Crippen LogP contribution < -0.4 is 5.32 Å². The van der Waals surface area contributed by atoms with E-state index in [0.717, 1.165) is 16.8 Å². The van der Waals surface area contributed by atoms with Gasteiger partial charge in [-0.25, -0.2) is 0 Å². The molecule has 0 heterocycles. The number of carbonyl (C=O) groups is 1. The smallest absolute Gasteiger partial charge is 0.255 e. The average molecular weight is 241 g/mol. The van der Waals surface area contributed by atoms with Gasteiger partial charge in [0.1, 0.15) is 0 Å². The summed E-state index contributed by atoms with van der Waals surface area (Å²) in [7, 11) is 0. The van der Waals surface area contributed by atoms with Crippen molar-refractivity contribution in [2.75, 3.05) is 5.32 Å². The van der Waals surface area contributed by atoms with Gasteiger partial charge in [0.25, 0.3) is 5.91 Å². The van der Waals surface area contributed by atoms with Gasteiger partial charge >= 0.3 is 0 Å². The third-order valence-electron chi connectivity index (χ3n) is 2.78. The second-order valence-electron chi connectivity index (χ2n) is 4.12. The van der Waals surface area contributed by atoms with E-state index in [9.17, 15) is 4.79 Å². The number of anilines is 1. The molecule has 0 aliphatic heterocycles. The van der Waals surface area contributed by atoms with Crippen molar-refractivity contribution >= 4 is 11.6 Å². The van der Waals surface area contributed by atoms with Gasteiger partial charge in [-0.15, -0.1) is 0 Å². The maximum absolute atomic E-state index is 12.0. The van der Waals surface area contributed by atoms with E-state index in [4.69, 9.17) is 5.11 Å². The van der Waals surface area contributed by atoms with Crippen LogP contribution >= 0.6 is 0 Å². The summed E-state index contributed by atoms with van der Waals surface area (Å²) < 4.78 is 0. The monoisotopic (exact) mass is 241 g/mol. The molecule has 3 nitrogen and oxygen atoms in total. The van der Waals surface area contributed by atoms with E-state index in [1.807, 2.05) is 25.1 Å². The first-order valence-electron chi connectivity index (χ1n) is 5.77. The molecule has 0 spiro atoms. The molecule has 2 aromatic rings. The fraction of sp³-hybridized carbons (Fsp3) is 0.133. The van der Waals surface area contributed by atoms with Crippen LogP contribution in [0.3, 0.4) is 0 Å². The zero-order valence-electron chi connectivity index (χ0n) is 10.2. The lowest BCUT2D eigenvalue weighted by atomic mass is 10.1. The predicted octanol–water partition coefficient (Wildman–Crippen LogP) is 2.74. The Bertz CT molecular complexity index is 547. The molecule has 0 bridgehead atoms. The molecular weight excluding hydrogens is 226 g/mol. The van der Waals surface area contributed by atoms with Crippen LogP contribution in [0, 0.1) is 6.92 Å². The fourth-order valence-corrected chi connectivity index (χ4v) is 1.72. The molecule has 0 saturated heterocycles. The maximum Gasteiger partial charge on any atom is 0.255 e. The molecule has 3 heteroatoms. The molecule has 0 aliphatic carbocycles. The molecule has 1 amide bonds. The van der Waals surface area contributed by atoms with Crippen LogP contribution in [0.15, 0.2) is 48.5 Å². The Hall–Kier alpha value is -2.13. The van der Waals surface area contributed by atoms with Gasteiger partial charge in [-0.05, 0) is 36.2 Å². The third kappa shape index (κ3) is 2.76. The molecular formula is C15H15NO2. The maximum atomic E-state index is 12.0. The molecule has 2 N–H and O–H groups in total. The van der Waals surface area contributed by atoms with Crippen molar-refractivity contribution in [2.45, 2.75) is 13.5 Å². The van der Waals surface area contributed by atoms with Gasteiger partial charge in [-0.1, -0.05) is 30.3 Å². The number of rotatable bonds is 3. The van der Waals surface area contributed by atoms with E-state index in [-0.39, 0.29) is 12.5 Å². The van der Waals surface area contributed by atoms with Crippen molar-refractivity contribution in [3.63, 3.8) is 0 Å². The molecule has 0 radical (unpaired) electrons. The van der Waals surface area contributed by atoms with E-state index in [1.165, 1.54) is 0 Å². The highest BCUT2D eigenvalue weighted by Gasteiger charge is 2.07. The Morgan fingerprint density at radius 3 is 2.39 bits per heavy atom. The van der Waals surface area contributed by atoms with Crippen LogP contribution in [0.5, 0.6) is 0 Å². The minimum Gasteiger partial charge on any atom is -0.392 e. The van der Waals surface area contributed by atoms with Crippen molar-refractivity contribution in [3.05, 3.63) is 65.2 Å². The number of benzene rings is 2. The molecule has 2 rings (SSSR count). The van der Waals surface area contributed by atoms with Gasteiger partial charge in [0.05, 0.1) is 6.61 Å². The summed E-state index contributed by atoms with van der Waals surface area (Å²) in [5.74, 6) is -0.121. The van der Waals surface area contributed by atoms with E-state index >= 15 is 0 Å². The molecule has 0 aliphatic rings.